The number of nitrogens with one attached hydrogen (secondary N) is 1. The van der Waals surface area contributed by atoms with E-state index in [2.05, 4.69) is 17.2 Å². The molecule has 0 unspecified atom stereocenters. The maximum atomic E-state index is 5.62. The molecule has 2 rings (SSSR count). The summed E-state index contributed by atoms with van der Waals surface area (Å²) in [6.07, 6.45) is 2.60. The van der Waals surface area contributed by atoms with Crippen LogP contribution < -0.4 is 11.1 Å². The summed E-state index contributed by atoms with van der Waals surface area (Å²) in [7, 11) is 0. The molecule has 1 heterocycles. The highest BCUT2D eigenvalue weighted by molar-refractivity contribution is 7.80. The fraction of sp³-hybridized carbons (Fsp3) is 0.500. The van der Waals surface area contributed by atoms with Crippen LogP contribution in [-0.2, 0) is 0 Å². The maximum Gasteiger partial charge on any atom is 0.126 e. The fourth-order valence-corrected chi connectivity index (χ4v) is 1.71. The predicted octanol–water partition coefficient (Wildman–Crippen LogP) is 2.24. The van der Waals surface area contributed by atoms with E-state index in [1.165, 1.54) is 12.8 Å². The van der Waals surface area contributed by atoms with Crippen molar-refractivity contribution in [3.8, 4) is 0 Å². The summed E-state index contributed by atoms with van der Waals surface area (Å²) < 4.78 is 0. The van der Waals surface area contributed by atoms with Gasteiger partial charge in [-0.05, 0) is 37.3 Å². The molecule has 1 aliphatic rings. The van der Waals surface area contributed by atoms with Crippen molar-refractivity contribution in [2.75, 3.05) is 11.9 Å². The van der Waals surface area contributed by atoms with Gasteiger partial charge in [0.05, 0.1) is 0 Å². The number of anilines is 1. The summed E-state index contributed by atoms with van der Waals surface area (Å²) >= 11 is 4.97. The zero-order chi connectivity index (χ0) is 11.8. The molecule has 0 aliphatic heterocycles. The summed E-state index contributed by atoms with van der Waals surface area (Å²) in [6.45, 7) is 5.20. The largest absolute Gasteiger partial charge is 0.389 e. The van der Waals surface area contributed by atoms with Crippen LogP contribution >= 0.6 is 12.2 Å². The van der Waals surface area contributed by atoms with E-state index in [0.717, 1.165) is 23.6 Å². The molecule has 86 valence electrons. The van der Waals surface area contributed by atoms with Crippen molar-refractivity contribution < 1.29 is 0 Å². The minimum absolute atomic E-state index is 0.422. The monoisotopic (exact) mass is 235 g/mol. The lowest BCUT2D eigenvalue weighted by Gasteiger charge is -2.12. The average molecular weight is 235 g/mol. The van der Waals surface area contributed by atoms with Gasteiger partial charge in [0.2, 0.25) is 0 Å². The standard InChI is InChI=1S/C12H17N3S/c1-8-5-9(11(13)16)6-10(15-8)14-7-12(2)3-4-12/h5-6H,3-4,7H2,1-2H3,(H2,13,16)(H,14,15). The molecule has 16 heavy (non-hydrogen) atoms. The van der Waals surface area contributed by atoms with Crippen molar-refractivity contribution >= 4 is 23.0 Å². The first-order valence-electron chi connectivity index (χ1n) is 5.51. The van der Waals surface area contributed by atoms with Crippen molar-refractivity contribution in [3.63, 3.8) is 0 Å². The molecular formula is C12H17N3S. The molecule has 1 saturated carbocycles. The van der Waals surface area contributed by atoms with Gasteiger partial charge in [0.15, 0.2) is 0 Å². The molecule has 1 aromatic rings. The fourth-order valence-electron chi connectivity index (χ4n) is 1.60. The lowest BCUT2D eigenvalue weighted by atomic mass is 10.1. The van der Waals surface area contributed by atoms with Gasteiger partial charge >= 0.3 is 0 Å². The van der Waals surface area contributed by atoms with E-state index in [9.17, 15) is 0 Å². The van der Waals surface area contributed by atoms with Crippen LogP contribution in [0.2, 0.25) is 0 Å². The van der Waals surface area contributed by atoms with E-state index in [1.807, 2.05) is 19.1 Å². The summed E-state index contributed by atoms with van der Waals surface area (Å²) in [4.78, 5) is 4.84. The number of nitrogens with zero attached hydrogens (tertiary/aromatic N) is 1. The lowest BCUT2D eigenvalue weighted by molar-refractivity contribution is 0.609. The van der Waals surface area contributed by atoms with Gasteiger partial charge in [0.25, 0.3) is 0 Å². The molecule has 0 amide bonds. The van der Waals surface area contributed by atoms with E-state index in [4.69, 9.17) is 18.0 Å². The Morgan fingerprint density at radius 2 is 2.25 bits per heavy atom. The molecule has 0 saturated heterocycles. The number of aryl methyl sites for hydroxylation is 1. The first-order chi connectivity index (χ1) is 7.48. The second-order valence-electron chi connectivity index (χ2n) is 4.91. The molecule has 0 bridgehead atoms. The summed E-state index contributed by atoms with van der Waals surface area (Å²) in [5, 5.41) is 3.36. The highest BCUT2D eigenvalue weighted by Crippen LogP contribution is 2.44. The highest BCUT2D eigenvalue weighted by atomic mass is 32.1. The molecule has 4 heteroatoms. The minimum atomic E-state index is 0.422. The maximum absolute atomic E-state index is 5.62. The molecule has 1 aromatic heterocycles. The van der Waals surface area contributed by atoms with Gasteiger partial charge in [-0.1, -0.05) is 19.1 Å². The topological polar surface area (TPSA) is 50.9 Å². The van der Waals surface area contributed by atoms with Crippen LogP contribution in [0.25, 0.3) is 0 Å². The van der Waals surface area contributed by atoms with Crippen molar-refractivity contribution in [3.05, 3.63) is 23.4 Å². The normalized spacial score (nSPS) is 16.9. The van der Waals surface area contributed by atoms with Gasteiger partial charge in [-0.25, -0.2) is 4.98 Å². The Balaban J connectivity index is 2.10. The van der Waals surface area contributed by atoms with E-state index in [1.54, 1.807) is 0 Å². The lowest BCUT2D eigenvalue weighted by Crippen LogP contribution is -2.15. The van der Waals surface area contributed by atoms with E-state index >= 15 is 0 Å². The Labute approximate surface area is 101 Å². The Hall–Kier alpha value is -1.16. The zero-order valence-corrected chi connectivity index (χ0v) is 10.5. The Morgan fingerprint density at radius 3 is 2.81 bits per heavy atom. The van der Waals surface area contributed by atoms with Gasteiger partial charge in [0.1, 0.15) is 10.8 Å². The number of rotatable bonds is 4. The summed E-state index contributed by atoms with van der Waals surface area (Å²) in [5.74, 6) is 0.871. The van der Waals surface area contributed by atoms with E-state index in [-0.39, 0.29) is 0 Å². The van der Waals surface area contributed by atoms with E-state index < -0.39 is 0 Å². The number of hydrogen-bond acceptors (Lipinski definition) is 3. The van der Waals surface area contributed by atoms with Gasteiger partial charge in [0, 0.05) is 17.8 Å². The molecule has 1 aliphatic carbocycles. The Morgan fingerprint density at radius 1 is 1.56 bits per heavy atom. The first kappa shape index (κ1) is 11.3. The van der Waals surface area contributed by atoms with Crippen molar-refractivity contribution in [1.29, 1.82) is 0 Å². The number of hydrogen-bond donors (Lipinski definition) is 2. The number of aromatic nitrogens is 1. The molecule has 0 radical (unpaired) electrons. The van der Waals surface area contributed by atoms with Crippen LogP contribution in [0.3, 0.4) is 0 Å². The molecule has 0 spiro atoms. The molecule has 0 atom stereocenters. The third-order valence-electron chi connectivity index (χ3n) is 3.04. The van der Waals surface area contributed by atoms with Crippen molar-refractivity contribution in [2.24, 2.45) is 11.1 Å². The van der Waals surface area contributed by atoms with Gasteiger partial charge in [-0.15, -0.1) is 0 Å². The van der Waals surface area contributed by atoms with E-state index in [0.29, 0.717) is 10.4 Å². The van der Waals surface area contributed by atoms with Crippen LogP contribution in [0.4, 0.5) is 5.82 Å². The van der Waals surface area contributed by atoms with Crippen molar-refractivity contribution in [2.45, 2.75) is 26.7 Å². The quantitative estimate of drug-likeness (QED) is 0.786. The molecule has 3 N–H and O–H groups in total. The smallest absolute Gasteiger partial charge is 0.126 e. The van der Waals surface area contributed by atoms with Crippen molar-refractivity contribution in [1.82, 2.24) is 4.98 Å². The Bertz CT molecular complexity index is 424. The van der Waals surface area contributed by atoms with Gasteiger partial charge < -0.3 is 11.1 Å². The average Bonchev–Trinajstić information content (AvgIpc) is 2.94. The summed E-state index contributed by atoms with van der Waals surface area (Å²) in [5.41, 5.74) is 7.91. The molecular weight excluding hydrogens is 218 g/mol. The third-order valence-corrected chi connectivity index (χ3v) is 3.27. The van der Waals surface area contributed by atoms with Gasteiger partial charge in [-0.3, -0.25) is 0 Å². The number of thiocarbonyl (C=S) groups is 1. The third kappa shape index (κ3) is 2.70. The first-order valence-corrected chi connectivity index (χ1v) is 5.92. The SMILES string of the molecule is Cc1cc(C(N)=S)cc(NCC2(C)CC2)n1. The second-order valence-corrected chi connectivity index (χ2v) is 5.35. The van der Waals surface area contributed by atoms with Crippen LogP contribution in [0.1, 0.15) is 31.0 Å². The van der Waals surface area contributed by atoms with Crippen LogP contribution in [0.15, 0.2) is 12.1 Å². The molecule has 0 aromatic carbocycles. The van der Waals surface area contributed by atoms with Crippen LogP contribution in [0.5, 0.6) is 0 Å². The highest BCUT2D eigenvalue weighted by Gasteiger charge is 2.36. The Kier molecular flexibility index (Phi) is 2.84. The zero-order valence-electron chi connectivity index (χ0n) is 9.71. The number of pyridine rings is 1. The molecule has 1 fully saturated rings. The molecule has 3 nitrogen and oxygen atoms in total. The minimum Gasteiger partial charge on any atom is -0.389 e. The number of nitrogens with two attached hydrogens (primary N) is 1. The van der Waals surface area contributed by atoms with Crippen LogP contribution in [0, 0.1) is 12.3 Å². The van der Waals surface area contributed by atoms with Crippen LogP contribution in [-0.4, -0.2) is 16.5 Å². The predicted molar refractivity (Wildman–Crippen MR) is 70.7 cm³/mol. The van der Waals surface area contributed by atoms with Gasteiger partial charge in [-0.2, -0.15) is 0 Å². The second kappa shape index (κ2) is 4.01. The summed E-state index contributed by atoms with van der Waals surface area (Å²) in [6, 6.07) is 3.83.